The summed E-state index contributed by atoms with van der Waals surface area (Å²) in [5, 5.41) is 6.83. The van der Waals surface area contributed by atoms with Gasteiger partial charge >= 0.3 is 6.85 Å². The molecule has 294 valence electrons. The minimum Gasteiger partial charge on any atom is -0.367 e. The second-order valence-corrected chi connectivity index (χ2v) is 22.4. The van der Waals surface area contributed by atoms with Crippen molar-refractivity contribution in [2.24, 2.45) is 0 Å². The van der Waals surface area contributed by atoms with Crippen LogP contribution >= 0.6 is 22.7 Å². The van der Waals surface area contributed by atoms with Crippen molar-refractivity contribution in [3.8, 4) is 22.3 Å². The number of hydrogen-bond donors (Lipinski definition) is 0. The number of aromatic nitrogens is 1. The number of benzene rings is 7. The van der Waals surface area contributed by atoms with Crippen molar-refractivity contribution in [2.75, 3.05) is 4.90 Å². The molecule has 5 heteroatoms. The summed E-state index contributed by atoms with van der Waals surface area (Å²) in [7, 11) is 0. The van der Waals surface area contributed by atoms with Gasteiger partial charge in [0.05, 0.1) is 4.83 Å². The fourth-order valence-electron chi connectivity index (χ4n) is 12.7. The third kappa shape index (κ3) is 4.16. The van der Waals surface area contributed by atoms with Gasteiger partial charge in [0, 0.05) is 80.2 Å². The molecule has 0 atom stereocenters. The maximum atomic E-state index is 2.79. The second-order valence-electron chi connectivity index (χ2n) is 20.3. The van der Waals surface area contributed by atoms with Crippen LogP contribution in [0.4, 0.5) is 17.1 Å². The topological polar surface area (TPSA) is 8.17 Å². The fourth-order valence-corrected chi connectivity index (χ4v) is 15.2. The molecule has 7 aromatic carbocycles. The Bertz CT molecular complexity index is 3660. The number of hydrogen-bond acceptors (Lipinski definition) is 3. The van der Waals surface area contributed by atoms with Crippen molar-refractivity contribution < 1.29 is 0 Å². The molecule has 0 unspecified atom stereocenters. The summed E-state index contributed by atoms with van der Waals surface area (Å²) in [6, 6.07) is 47.4. The zero-order chi connectivity index (χ0) is 41.1. The highest BCUT2D eigenvalue weighted by molar-refractivity contribution is 7.27. The van der Waals surface area contributed by atoms with E-state index in [9.17, 15) is 0 Å². The van der Waals surface area contributed by atoms with Crippen LogP contribution in [0.3, 0.4) is 0 Å². The van der Waals surface area contributed by atoms with Crippen molar-refractivity contribution in [3.05, 3.63) is 149 Å². The number of aryl methyl sites for hydroxylation is 1. The molecule has 10 aromatic rings. The quantitative estimate of drug-likeness (QED) is 0.150. The second kappa shape index (κ2) is 11.2. The van der Waals surface area contributed by atoms with Gasteiger partial charge in [-0.2, -0.15) is 0 Å². The van der Waals surface area contributed by atoms with Crippen LogP contribution < -0.4 is 15.8 Å². The van der Waals surface area contributed by atoms with Crippen LogP contribution in [0.25, 0.3) is 73.6 Å². The van der Waals surface area contributed by atoms with E-state index in [0.717, 1.165) is 0 Å². The fraction of sp³-hybridized carbons (Fsp3) is 0.214. The van der Waals surface area contributed by atoms with Gasteiger partial charge in [-0.1, -0.05) is 139 Å². The first-order valence-corrected chi connectivity index (χ1v) is 23.7. The molecule has 4 aliphatic rings. The summed E-state index contributed by atoms with van der Waals surface area (Å²) < 4.78 is 6.90. The largest absolute Gasteiger partial charge is 0.367 e. The maximum absolute atomic E-state index is 2.79. The van der Waals surface area contributed by atoms with E-state index in [-0.39, 0.29) is 23.1 Å². The number of thiophene rings is 2. The summed E-state index contributed by atoms with van der Waals surface area (Å²) in [5.74, 6) is 0. The normalized spacial score (nSPS) is 17.3. The van der Waals surface area contributed by atoms with E-state index >= 15 is 0 Å². The van der Waals surface area contributed by atoms with E-state index in [1.807, 2.05) is 22.7 Å². The average Bonchev–Trinajstić information content (AvgIpc) is 3.98. The Kier molecular flexibility index (Phi) is 6.46. The zero-order valence-electron chi connectivity index (χ0n) is 35.7. The van der Waals surface area contributed by atoms with Crippen molar-refractivity contribution >= 4 is 109 Å². The van der Waals surface area contributed by atoms with E-state index < -0.39 is 0 Å². The van der Waals surface area contributed by atoms with Crippen LogP contribution in [-0.2, 0) is 16.2 Å². The Labute approximate surface area is 365 Å². The average molecular weight is 821 g/mol. The SMILES string of the molecule is Cc1cc2c(cc1N1c3cc4c(sc5ccccc54)c4c3B(c3ccc5c(c31)C(C)(C)c1ccccc1-5)n1c3sc5ccccc5c3c3cccc-4c31)C(C)(C)CCC2(C)C. The zero-order valence-corrected chi connectivity index (χ0v) is 37.4. The van der Waals surface area contributed by atoms with Gasteiger partial charge < -0.3 is 9.38 Å². The molecule has 5 heterocycles. The molecule has 0 bridgehead atoms. The van der Waals surface area contributed by atoms with E-state index in [4.69, 9.17) is 0 Å². The van der Waals surface area contributed by atoms with Crippen molar-refractivity contribution in [3.63, 3.8) is 0 Å². The van der Waals surface area contributed by atoms with Gasteiger partial charge in [-0.05, 0) is 105 Å². The molecule has 2 nitrogen and oxygen atoms in total. The Morgan fingerprint density at radius 1 is 0.574 bits per heavy atom. The Morgan fingerprint density at radius 2 is 1.25 bits per heavy atom. The van der Waals surface area contributed by atoms with E-state index in [1.165, 1.54) is 142 Å². The number of rotatable bonds is 1. The molecule has 2 aliphatic carbocycles. The van der Waals surface area contributed by atoms with Gasteiger partial charge in [0.15, 0.2) is 0 Å². The summed E-state index contributed by atoms with van der Waals surface area (Å²) in [6.45, 7) is 17.2. The molecule has 0 amide bonds. The predicted octanol–water partition coefficient (Wildman–Crippen LogP) is 14.8. The summed E-state index contributed by atoms with van der Waals surface area (Å²) >= 11 is 3.95. The van der Waals surface area contributed by atoms with Gasteiger partial charge in [-0.15, -0.1) is 22.7 Å². The van der Waals surface area contributed by atoms with Crippen LogP contribution in [0.2, 0.25) is 0 Å². The summed E-state index contributed by atoms with van der Waals surface area (Å²) in [4.78, 5) is 4.16. The monoisotopic (exact) mass is 820 g/mol. The van der Waals surface area contributed by atoms with Crippen LogP contribution in [0.5, 0.6) is 0 Å². The van der Waals surface area contributed by atoms with Crippen LogP contribution in [0, 0.1) is 6.92 Å². The molecule has 0 saturated carbocycles. The standard InChI is InChI=1S/C56H45BN2S2/c1-30-27-39-40(55(4,5)26-25-54(39,2)3)29-42(30)58-43-28-37-32-16-9-12-21-44(32)60-52(37)47-36-19-14-18-35-46-34-17-10-13-22-45(34)61-53(46)59(50(35)36)57(49(43)47)41-24-23-33-31-15-8-11-20-38(31)56(6,7)48(33)51(41)58/h8-24,27-29H,25-26H2,1-7H3. The Hall–Kier alpha value is -5.62. The number of anilines is 3. The molecular weight excluding hydrogens is 776 g/mol. The highest BCUT2D eigenvalue weighted by Crippen LogP contribution is 2.59. The lowest BCUT2D eigenvalue weighted by Gasteiger charge is -2.45. The molecule has 0 radical (unpaired) electrons. The van der Waals surface area contributed by atoms with E-state index in [1.54, 1.807) is 0 Å². The van der Waals surface area contributed by atoms with Crippen molar-refractivity contribution in [1.82, 2.24) is 4.48 Å². The first kappa shape index (κ1) is 35.0. The smallest absolute Gasteiger partial charge is 0.333 e. The maximum Gasteiger partial charge on any atom is 0.333 e. The Morgan fingerprint density at radius 3 is 2.05 bits per heavy atom. The first-order valence-electron chi connectivity index (χ1n) is 22.1. The molecule has 2 aliphatic heterocycles. The molecule has 61 heavy (non-hydrogen) atoms. The van der Waals surface area contributed by atoms with Crippen molar-refractivity contribution in [2.45, 2.75) is 77.6 Å². The lowest BCUT2D eigenvalue weighted by molar-refractivity contribution is 0.332. The van der Waals surface area contributed by atoms with Crippen LogP contribution in [0.1, 0.15) is 82.2 Å². The van der Waals surface area contributed by atoms with E-state index in [0.29, 0.717) is 0 Å². The lowest BCUT2D eigenvalue weighted by atomic mass is 9.44. The van der Waals surface area contributed by atoms with Gasteiger partial charge in [0.2, 0.25) is 0 Å². The third-order valence-electron chi connectivity index (χ3n) is 15.7. The Balaban J connectivity index is 1.21. The molecule has 3 aromatic heterocycles. The van der Waals surface area contributed by atoms with Crippen LogP contribution in [0.15, 0.2) is 121 Å². The molecule has 14 rings (SSSR count). The van der Waals surface area contributed by atoms with Gasteiger partial charge in [-0.3, -0.25) is 0 Å². The van der Waals surface area contributed by atoms with Crippen molar-refractivity contribution in [1.29, 1.82) is 0 Å². The summed E-state index contributed by atoms with van der Waals surface area (Å²) in [5.41, 5.74) is 20.9. The molecule has 0 saturated heterocycles. The van der Waals surface area contributed by atoms with Gasteiger partial charge in [0.1, 0.15) is 0 Å². The predicted molar refractivity (Wildman–Crippen MR) is 266 cm³/mol. The lowest BCUT2D eigenvalue weighted by Crippen LogP contribution is -2.57. The first-order chi connectivity index (χ1) is 29.4. The minimum atomic E-state index is -0.218. The van der Waals surface area contributed by atoms with E-state index in [2.05, 4.69) is 179 Å². The number of nitrogens with zero attached hydrogens (tertiary/aromatic N) is 2. The van der Waals surface area contributed by atoms with Gasteiger partial charge in [-0.25, -0.2) is 0 Å². The van der Waals surface area contributed by atoms with Gasteiger partial charge in [0.25, 0.3) is 0 Å². The third-order valence-corrected chi connectivity index (χ3v) is 18.1. The number of fused-ring (bicyclic) bond motifs is 18. The highest BCUT2D eigenvalue weighted by atomic mass is 32.1. The number of para-hydroxylation sites is 1. The molecular formula is C56H45BN2S2. The molecule has 0 spiro atoms. The van der Waals surface area contributed by atoms with Crippen LogP contribution in [-0.4, -0.2) is 11.3 Å². The molecule has 0 N–H and O–H groups in total. The summed E-state index contributed by atoms with van der Waals surface area (Å²) in [6.07, 6.45) is 2.38. The highest BCUT2D eigenvalue weighted by Gasteiger charge is 2.49. The minimum absolute atomic E-state index is 0.00746. The molecule has 0 fully saturated rings.